The summed E-state index contributed by atoms with van der Waals surface area (Å²) in [4.78, 5) is 30.1. The van der Waals surface area contributed by atoms with Gasteiger partial charge in [0.15, 0.2) is 0 Å². The Hall–Kier alpha value is -2.05. The van der Waals surface area contributed by atoms with Crippen molar-refractivity contribution in [3.8, 4) is 0 Å². The first kappa shape index (κ1) is 17.8. The van der Waals surface area contributed by atoms with Crippen LogP contribution in [0.15, 0.2) is 47.5 Å². The van der Waals surface area contributed by atoms with Gasteiger partial charge in [-0.3, -0.25) is 4.79 Å². The molecule has 0 unspecified atom stereocenters. The number of amides is 1. The maximum atomic E-state index is 12.5. The molecule has 1 aliphatic rings. The van der Waals surface area contributed by atoms with E-state index in [1.807, 2.05) is 36.0 Å². The molecule has 1 amide bonds. The molecule has 1 aromatic heterocycles. The van der Waals surface area contributed by atoms with Gasteiger partial charge in [0, 0.05) is 34.5 Å². The van der Waals surface area contributed by atoms with Gasteiger partial charge < -0.3 is 10.0 Å². The van der Waals surface area contributed by atoms with Gasteiger partial charge in [0.2, 0.25) is 0 Å². The summed E-state index contributed by atoms with van der Waals surface area (Å²) < 4.78 is 0. The van der Waals surface area contributed by atoms with Crippen LogP contribution in [0.1, 0.15) is 33.7 Å². The van der Waals surface area contributed by atoms with Crippen molar-refractivity contribution in [3.63, 3.8) is 0 Å². The Morgan fingerprint density at radius 2 is 1.80 bits per heavy atom. The SMILES string of the molecule is O=C(O)c1ccc(C(=O)N2CCC(Sc3ccc(Cl)cc3)CC2)cn1. The topological polar surface area (TPSA) is 70.5 Å². The number of aromatic carboxylic acids is 1. The molecule has 1 aliphatic heterocycles. The number of thioether (sulfide) groups is 1. The summed E-state index contributed by atoms with van der Waals surface area (Å²) in [6.45, 7) is 1.37. The monoisotopic (exact) mass is 376 g/mol. The van der Waals surface area contributed by atoms with Crippen LogP contribution in [0.2, 0.25) is 5.02 Å². The minimum atomic E-state index is -1.10. The van der Waals surface area contributed by atoms with E-state index in [-0.39, 0.29) is 11.6 Å². The van der Waals surface area contributed by atoms with Crippen molar-refractivity contribution in [2.45, 2.75) is 23.0 Å². The van der Waals surface area contributed by atoms with Crippen molar-refractivity contribution in [3.05, 3.63) is 58.9 Å². The van der Waals surface area contributed by atoms with Crippen molar-refractivity contribution in [2.24, 2.45) is 0 Å². The molecule has 2 heterocycles. The molecule has 1 fully saturated rings. The molecule has 0 bridgehead atoms. The van der Waals surface area contributed by atoms with E-state index >= 15 is 0 Å². The van der Waals surface area contributed by atoms with E-state index in [1.165, 1.54) is 23.2 Å². The fourth-order valence-electron chi connectivity index (χ4n) is 2.71. The van der Waals surface area contributed by atoms with Crippen molar-refractivity contribution in [2.75, 3.05) is 13.1 Å². The van der Waals surface area contributed by atoms with Crippen LogP contribution in [-0.4, -0.2) is 45.2 Å². The average Bonchev–Trinajstić information content (AvgIpc) is 2.64. The summed E-state index contributed by atoms with van der Waals surface area (Å²) in [6, 6.07) is 10.7. The molecule has 0 spiro atoms. The van der Waals surface area contributed by atoms with Gasteiger partial charge in [-0.25, -0.2) is 9.78 Å². The molecule has 5 nitrogen and oxygen atoms in total. The fraction of sp³-hybridized carbons (Fsp3) is 0.278. The standard InChI is InChI=1S/C18H17ClN2O3S/c19-13-2-4-14(5-3-13)25-15-7-9-21(10-8-15)17(22)12-1-6-16(18(23)24)20-11-12/h1-6,11,15H,7-10H2,(H,23,24). The number of hydrogen-bond donors (Lipinski definition) is 1. The lowest BCUT2D eigenvalue weighted by Crippen LogP contribution is -2.39. The van der Waals surface area contributed by atoms with Gasteiger partial charge in [0.25, 0.3) is 5.91 Å². The summed E-state index contributed by atoms with van der Waals surface area (Å²) in [5.41, 5.74) is 0.364. The Kier molecular flexibility index (Phi) is 5.60. The van der Waals surface area contributed by atoms with Gasteiger partial charge in [-0.2, -0.15) is 0 Å². The Morgan fingerprint density at radius 1 is 1.12 bits per heavy atom. The van der Waals surface area contributed by atoms with Gasteiger partial charge in [-0.1, -0.05) is 11.6 Å². The van der Waals surface area contributed by atoms with E-state index in [2.05, 4.69) is 4.98 Å². The Morgan fingerprint density at radius 3 is 2.36 bits per heavy atom. The molecule has 130 valence electrons. The van der Waals surface area contributed by atoms with E-state index in [0.29, 0.717) is 23.9 Å². The summed E-state index contributed by atoms with van der Waals surface area (Å²) in [7, 11) is 0. The minimum absolute atomic E-state index is 0.0605. The zero-order valence-electron chi connectivity index (χ0n) is 13.4. The lowest BCUT2D eigenvalue weighted by molar-refractivity contribution is 0.0685. The second-order valence-corrected chi connectivity index (χ2v) is 7.61. The normalized spacial score (nSPS) is 15.2. The van der Waals surface area contributed by atoms with Crippen molar-refractivity contribution in [1.82, 2.24) is 9.88 Å². The number of nitrogens with zero attached hydrogens (tertiary/aromatic N) is 2. The first-order valence-corrected chi connectivity index (χ1v) is 9.19. The minimum Gasteiger partial charge on any atom is -0.477 e. The highest BCUT2D eigenvalue weighted by molar-refractivity contribution is 8.00. The van der Waals surface area contributed by atoms with Crippen LogP contribution >= 0.6 is 23.4 Å². The molecule has 7 heteroatoms. The maximum absolute atomic E-state index is 12.5. The van der Waals surface area contributed by atoms with Crippen LogP contribution in [0.5, 0.6) is 0 Å². The maximum Gasteiger partial charge on any atom is 0.354 e. The zero-order valence-corrected chi connectivity index (χ0v) is 15.0. The van der Waals surface area contributed by atoms with Crippen molar-refractivity contribution >= 4 is 35.2 Å². The van der Waals surface area contributed by atoms with E-state index in [9.17, 15) is 9.59 Å². The lowest BCUT2D eigenvalue weighted by Gasteiger charge is -2.31. The molecule has 2 aromatic rings. The first-order chi connectivity index (χ1) is 12.0. The number of halogens is 1. The van der Waals surface area contributed by atoms with Crippen molar-refractivity contribution in [1.29, 1.82) is 0 Å². The molecular weight excluding hydrogens is 360 g/mol. The fourth-order valence-corrected chi connectivity index (χ4v) is 3.96. The van der Waals surface area contributed by atoms with Crippen LogP contribution < -0.4 is 0 Å². The van der Waals surface area contributed by atoms with Gasteiger partial charge >= 0.3 is 5.97 Å². The van der Waals surface area contributed by atoms with Crippen LogP contribution in [0.25, 0.3) is 0 Å². The quantitative estimate of drug-likeness (QED) is 0.878. The van der Waals surface area contributed by atoms with Gasteiger partial charge in [-0.05, 0) is 49.2 Å². The van der Waals surface area contributed by atoms with Crippen LogP contribution in [0.3, 0.4) is 0 Å². The number of rotatable bonds is 4. The summed E-state index contributed by atoms with van der Waals surface area (Å²) in [5.74, 6) is -1.20. The number of hydrogen-bond acceptors (Lipinski definition) is 4. The summed E-state index contributed by atoms with van der Waals surface area (Å²) in [5, 5.41) is 10.1. The summed E-state index contributed by atoms with van der Waals surface area (Å²) >= 11 is 7.72. The van der Waals surface area contributed by atoms with Crippen molar-refractivity contribution < 1.29 is 14.7 Å². The number of carbonyl (C=O) groups is 2. The smallest absolute Gasteiger partial charge is 0.354 e. The Bertz CT molecular complexity index is 757. The molecule has 1 saturated heterocycles. The number of carboxylic acid groups (broad SMARTS) is 1. The predicted octanol–water partition coefficient (Wildman–Crippen LogP) is 3.83. The molecule has 0 aliphatic carbocycles. The van der Waals surface area contributed by atoms with Crippen LogP contribution in [0.4, 0.5) is 0 Å². The largest absolute Gasteiger partial charge is 0.477 e. The lowest BCUT2D eigenvalue weighted by atomic mass is 10.1. The zero-order chi connectivity index (χ0) is 17.8. The van der Waals surface area contributed by atoms with Crippen LogP contribution in [0, 0.1) is 0 Å². The second kappa shape index (κ2) is 7.89. The first-order valence-electron chi connectivity index (χ1n) is 7.94. The van der Waals surface area contributed by atoms with E-state index < -0.39 is 5.97 Å². The molecule has 0 saturated carbocycles. The number of pyridine rings is 1. The molecule has 1 aromatic carbocycles. The van der Waals surface area contributed by atoms with Crippen LogP contribution in [-0.2, 0) is 0 Å². The molecule has 0 atom stereocenters. The summed E-state index contributed by atoms with van der Waals surface area (Å²) in [6.07, 6.45) is 3.17. The number of piperidine rings is 1. The Balaban J connectivity index is 1.55. The second-order valence-electron chi connectivity index (χ2n) is 5.80. The van der Waals surface area contributed by atoms with E-state index in [0.717, 1.165) is 17.9 Å². The molecule has 3 rings (SSSR count). The molecule has 1 N–H and O–H groups in total. The van der Waals surface area contributed by atoms with E-state index in [1.54, 1.807) is 4.90 Å². The number of aromatic nitrogens is 1. The number of carboxylic acids is 1. The van der Waals surface area contributed by atoms with Gasteiger partial charge in [-0.15, -0.1) is 11.8 Å². The third-order valence-electron chi connectivity index (χ3n) is 4.08. The predicted molar refractivity (Wildman–Crippen MR) is 97.4 cm³/mol. The third-order valence-corrected chi connectivity index (χ3v) is 5.68. The highest BCUT2D eigenvalue weighted by Crippen LogP contribution is 2.31. The van der Waals surface area contributed by atoms with Gasteiger partial charge in [0.05, 0.1) is 5.56 Å². The highest BCUT2D eigenvalue weighted by atomic mass is 35.5. The Labute approximate surface area is 155 Å². The number of likely N-dealkylation sites (tertiary alicyclic amines) is 1. The van der Waals surface area contributed by atoms with Gasteiger partial charge in [0.1, 0.15) is 5.69 Å². The molecular formula is C18H17ClN2O3S. The molecule has 0 radical (unpaired) electrons. The third kappa shape index (κ3) is 4.52. The number of benzene rings is 1. The van der Waals surface area contributed by atoms with E-state index in [4.69, 9.17) is 16.7 Å². The average molecular weight is 377 g/mol. The molecule has 25 heavy (non-hydrogen) atoms. The number of carbonyl (C=O) groups excluding carboxylic acids is 1. The highest BCUT2D eigenvalue weighted by Gasteiger charge is 2.24.